The van der Waals surface area contributed by atoms with Gasteiger partial charge < -0.3 is 10.1 Å². The molecule has 0 radical (unpaired) electrons. The number of ether oxygens (including phenoxy) is 1. The second kappa shape index (κ2) is 6.63. The average Bonchev–Trinajstić information content (AvgIpc) is 3.28. The molecule has 9 nitrogen and oxygen atoms in total. The number of aromatic nitrogens is 5. The molecule has 0 aliphatic rings. The molecule has 0 aliphatic carbocycles. The maximum Gasteiger partial charge on any atom is 0.175 e. The van der Waals surface area contributed by atoms with E-state index in [9.17, 15) is 8.42 Å². The van der Waals surface area contributed by atoms with Gasteiger partial charge in [-0.3, -0.25) is 9.78 Å². The van der Waals surface area contributed by atoms with Gasteiger partial charge in [0.25, 0.3) is 0 Å². The monoisotopic (exact) mass is 386 g/mol. The second-order valence-electron chi connectivity index (χ2n) is 6.18. The highest BCUT2D eigenvalue weighted by Crippen LogP contribution is 2.30. The molecule has 0 spiro atoms. The summed E-state index contributed by atoms with van der Waals surface area (Å²) in [5, 5.41) is 16.1. The van der Waals surface area contributed by atoms with Gasteiger partial charge in [0, 0.05) is 30.3 Å². The third-order valence-electron chi connectivity index (χ3n) is 4.22. The van der Waals surface area contributed by atoms with E-state index in [1.165, 1.54) is 6.26 Å². The molecule has 10 heteroatoms. The summed E-state index contributed by atoms with van der Waals surface area (Å²) in [7, 11) is -1.66. The van der Waals surface area contributed by atoms with Crippen LogP contribution in [0.2, 0.25) is 0 Å². The molecule has 4 aromatic rings. The van der Waals surface area contributed by atoms with Crippen molar-refractivity contribution in [2.45, 2.75) is 11.4 Å². The maximum atomic E-state index is 11.9. The summed E-state index contributed by atoms with van der Waals surface area (Å²) in [6.45, 7) is 1.22. The van der Waals surface area contributed by atoms with Crippen molar-refractivity contribution in [1.82, 2.24) is 25.0 Å². The van der Waals surface area contributed by atoms with Crippen LogP contribution in [0.25, 0.3) is 21.8 Å². The number of pyridine rings is 1. The lowest BCUT2D eigenvalue weighted by molar-refractivity contribution is 0.183. The highest BCUT2D eigenvalue weighted by molar-refractivity contribution is 7.90. The molecule has 3 aromatic heterocycles. The fraction of sp³-hybridized carbons (Fsp3) is 0.235. The Bertz CT molecular complexity index is 1230. The van der Waals surface area contributed by atoms with Crippen LogP contribution >= 0.6 is 0 Å². The van der Waals surface area contributed by atoms with E-state index >= 15 is 0 Å². The first kappa shape index (κ1) is 17.4. The third kappa shape index (κ3) is 3.36. The van der Waals surface area contributed by atoms with Gasteiger partial charge in [-0.2, -0.15) is 10.2 Å². The second-order valence-corrected chi connectivity index (χ2v) is 8.20. The van der Waals surface area contributed by atoms with Gasteiger partial charge >= 0.3 is 0 Å². The molecule has 140 valence electrons. The topological polar surface area (TPSA) is 115 Å². The molecule has 0 fully saturated rings. The minimum absolute atomic E-state index is 0.249. The summed E-state index contributed by atoms with van der Waals surface area (Å²) >= 11 is 0. The Morgan fingerprint density at radius 2 is 2.11 bits per heavy atom. The van der Waals surface area contributed by atoms with Crippen molar-refractivity contribution in [2.24, 2.45) is 0 Å². The quantitative estimate of drug-likeness (QED) is 0.521. The van der Waals surface area contributed by atoms with Crippen LogP contribution in [0.4, 0.5) is 11.5 Å². The summed E-state index contributed by atoms with van der Waals surface area (Å²) in [6, 6.07) is 4.89. The third-order valence-corrected chi connectivity index (χ3v) is 5.33. The molecule has 0 aliphatic heterocycles. The Morgan fingerprint density at radius 3 is 2.89 bits per heavy atom. The van der Waals surface area contributed by atoms with Crippen molar-refractivity contribution in [3.05, 3.63) is 36.8 Å². The highest BCUT2D eigenvalue weighted by atomic mass is 32.2. The first-order chi connectivity index (χ1) is 13.0. The lowest BCUT2D eigenvalue weighted by Gasteiger charge is -2.08. The van der Waals surface area contributed by atoms with E-state index in [2.05, 4.69) is 25.6 Å². The van der Waals surface area contributed by atoms with Gasteiger partial charge in [0.05, 0.1) is 41.6 Å². The number of rotatable bonds is 6. The van der Waals surface area contributed by atoms with Crippen molar-refractivity contribution in [3.8, 4) is 0 Å². The first-order valence-electron chi connectivity index (χ1n) is 8.21. The fourth-order valence-electron chi connectivity index (χ4n) is 2.87. The van der Waals surface area contributed by atoms with Crippen molar-refractivity contribution in [3.63, 3.8) is 0 Å². The number of methoxy groups -OCH3 is 1. The number of benzene rings is 1. The number of anilines is 2. The Morgan fingerprint density at radius 1 is 1.26 bits per heavy atom. The van der Waals surface area contributed by atoms with E-state index in [0.29, 0.717) is 30.0 Å². The normalized spacial score (nSPS) is 12.1. The van der Waals surface area contributed by atoms with Crippen LogP contribution in [0.1, 0.15) is 0 Å². The van der Waals surface area contributed by atoms with Crippen LogP contribution in [0.15, 0.2) is 41.7 Å². The molecule has 27 heavy (non-hydrogen) atoms. The van der Waals surface area contributed by atoms with E-state index < -0.39 is 9.84 Å². The largest absolute Gasteiger partial charge is 0.383 e. The summed E-state index contributed by atoms with van der Waals surface area (Å²) in [4.78, 5) is 4.88. The molecule has 1 aromatic carbocycles. The number of fused-ring (bicyclic) bond motifs is 3. The smallest absolute Gasteiger partial charge is 0.175 e. The zero-order chi connectivity index (χ0) is 19.0. The number of H-pyrrole nitrogens is 1. The van der Waals surface area contributed by atoms with Crippen molar-refractivity contribution in [1.29, 1.82) is 0 Å². The van der Waals surface area contributed by atoms with Gasteiger partial charge in [0.15, 0.2) is 15.7 Å². The maximum absolute atomic E-state index is 11.9. The molecule has 3 heterocycles. The summed E-state index contributed by atoms with van der Waals surface area (Å²) in [5.41, 5.74) is 2.14. The van der Waals surface area contributed by atoms with Gasteiger partial charge in [0.1, 0.15) is 5.52 Å². The number of nitrogens with zero attached hydrogens (tertiary/aromatic N) is 4. The standard InChI is InChI=1S/C17H18N6O3S/c1-26-6-5-23-10-11(8-19-23)20-17-16-14(9-18-22-16)13-7-12(27(2,24)25)3-4-15(13)21-17/h3-4,7-10H,5-6H2,1-2H3,(H,18,22)(H,20,21). The lowest BCUT2D eigenvalue weighted by atomic mass is 10.1. The van der Waals surface area contributed by atoms with Crippen LogP contribution in [0, 0.1) is 0 Å². The molecule has 4 rings (SSSR count). The molecule has 0 amide bonds. The van der Waals surface area contributed by atoms with Gasteiger partial charge in [-0.1, -0.05) is 0 Å². The Balaban J connectivity index is 1.77. The summed E-state index contributed by atoms with van der Waals surface area (Å²) in [6.07, 6.45) is 6.42. The van der Waals surface area contributed by atoms with E-state index in [1.807, 2.05) is 6.20 Å². The highest BCUT2D eigenvalue weighted by Gasteiger charge is 2.14. The zero-order valence-electron chi connectivity index (χ0n) is 14.8. The number of aromatic amines is 1. The predicted molar refractivity (Wildman–Crippen MR) is 102 cm³/mol. The number of nitrogens with one attached hydrogen (secondary N) is 2. The van der Waals surface area contributed by atoms with Crippen LogP contribution in [0.5, 0.6) is 0 Å². The van der Waals surface area contributed by atoms with Crippen LogP contribution in [-0.2, 0) is 21.1 Å². The number of hydrogen-bond acceptors (Lipinski definition) is 7. The summed E-state index contributed by atoms with van der Waals surface area (Å²) in [5.74, 6) is 0.591. The average molecular weight is 386 g/mol. The molecule has 2 N–H and O–H groups in total. The lowest BCUT2D eigenvalue weighted by Crippen LogP contribution is -2.04. The van der Waals surface area contributed by atoms with Gasteiger partial charge in [-0.05, 0) is 18.2 Å². The van der Waals surface area contributed by atoms with Crippen LogP contribution in [0.3, 0.4) is 0 Å². The Labute approximate surface area is 155 Å². The van der Waals surface area contributed by atoms with Crippen molar-refractivity contribution in [2.75, 3.05) is 25.3 Å². The van der Waals surface area contributed by atoms with Crippen LogP contribution in [-0.4, -0.2) is 53.4 Å². The van der Waals surface area contributed by atoms with E-state index in [1.54, 1.807) is 42.4 Å². The summed E-state index contributed by atoms with van der Waals surface area (Å²) < 4.78 is 30.5. The fourth-order valence-corrected chi connectivity index (χ4v) is 3.52. The van der Waals surface area contributed by atoms with Crippen molar-refractivity contribution >= 4 is 43.1 Å². The van der Waals surface area contributed by atoms with E-state index in [-0.39, 0.29) is 4.90 Å². The molecule has 0 saturated heterocycles. The van der Waals surface area contributed by atoms with Gasteiger partial charge in [-0.15, -0.1) is 0 Å². The first-order valence-corrected chi connectivity index (χ1v) is 10.1. The van der Waals surface area contributed by atoms with Gasteiger partial charge in [0.2, 0.25) is 0 Å². The molecule has 0 atom stereocenters. The molecule has 0 bridgehead atoms. The Hall–Kier alpha value is -2.98. The van der Waals surface area contributed by atoms with Crippen LogP contribution < -0.4 is 5.32 Å². The molecular weight excluding hydrogens is 368 g/mol. The van der Waals surface area contributed by atoms with Gasteiger partial charge in [-0.25, -0.2) is 13.4 Å². The number of sulfone groups is 1. The SMILES string of the molecule is COCCn1cc(Nc2nc3ccc(S(C)(=O)=O)cc3c3cn[nH]c23)cn1. The molecular formula is C17H18N6O3S. The number of hydrogen-bond donors (Lipinski definition) is 2. The Kier molecular flexibility index (Phi) is 4.28. The van der Waals surface area contributed by atoms with E-state index in [4.69, 9.17) is 4.74 Å². The minimum atomic E-state index is -3.30. The molecule has 0 unspecified atom stereocenters. The molecule has 0 saturated carbocycles. The van der Waals surface area contributed by atoms with E-state index in [0.717, 1.165) is 16.5 Å². The predicted octanol–water partition coefficient (Wildman–Crippen LogP) is 2.10. The minimum Gasteiger partial charge on any atom is -0.383 e. The van der Waals surface area contributed by atoms with Crippen molar-refractivity contribution < 1.29 is 13.2 Å². The zero-order valence-corrected chi connectivity index (χ0v) is 15.6.